The van der Waals surface area contributed by atoms with Crippen molar-refractivity contribution in [1.29, 1.82) is 0 Å². The van der Waals surface area contributed by atoms with E-state index in [0.717, 1.165) is 21.3 Å². The van der Waals surface area contributed by atoms with E-state index in [-0.39, 0.29) is 13.0 Å². The van der Waals surface area contributed by atoms with Crippen LogP contribution in [0.1, 0.15) is 24.0 Å². The highest BCUT2D eigenvalue weighted by molar-refractivity contribution is 9.10. The van der Waals surface area contributed by atoms with Crippen molar-refractivity contribution in [3.8, 4) is 5.75 Å². The van der Waals surface area contributed by atoms with Crippen LogP contribution in [0.5, 0.6) is 5.75 Å². The molecule has 1 heterocycles. The lowest BCUT2D eigenvalue weighted by atomic mass is 10.1. The zero-order chi connectivity index (χ0) is 17.0. The van der Waals surface area contributed by atoms with Crippen LogP contribution in [-0.4, -0.2) is 23.9 Å². The van der Waals surface area contributed by atoms with Crippen LogP contribution < -0.4 is 4.74 Å². The van der Waals surface area contributed by atoms with Gasteiger partial charge in [-0.05, 0) is 46.1 Å². The smallest absolute Gasteiger partial charge is 0.260 e. The minimum atomic E-state index is -2.58. The van der Waals surface area contributed by atoms with Gasteiger partial charge >= 0.3 is 0 Å². The van der Waals surface area contributed by atoms with Crippen molar-refractivity contribution in [3.05, 3.63) is 64.1 Å². The summed E-state index contributed by atoms with van der Waals surface area (Å²) in [5, 5.41) is 0. The number of likely N-dealkylation sites (tertiary alicyclic amines) is 1. The summed E-state index contributed by atoms with van der Waals surface area (Å²) in [5.74, 6) is -1.84. The third kappa shape index (κ3) is 4.54. The van der Waals surface area contributed by atoms with Crippen molar-refractivity contribution < 1.29 is 13.5 Å². The Morgan fingerprint density at radius 2 is 1.88 bits per heavy atom. The lowest BCUT2D eigenvalue weighted by Gasteiger charge is -2.32. The first-order valence-corrected chi connectivity index (χ1v) is 8.87. The summed E-state index contributed by atoms with van der Waals surface area (Å²) < 4.78 is 33.9. The number of ether oxygens (including phenoxy) is 1. The number of rotatable bonds is 5. The fourth-order valence-corrected chi connectivity index (χ4v) is 3.45. The highest BCUT2D eigenvalue weighted by Crippen LogP contribution is 2.32. The Kier molecular flexibility index (Phi) is 5.51. The Labute approximate surface area is 149 Å². The predicted molar refractivity (Wildman–Crippen MR) is 94.4 cm³/mol. The van der Waals surface area contributed by atoms with Gasteiger partial charge < -0.3 is 4.74 Å². The average molecular weight is 396 g/mol. The number of hydrogen-bond donors (Lipinski definition) is 0. The molecule has 0 radical (unpaired) electrons. The number of alkyl halides is 2. The second-order valence-electron chi connectivity index (χ2n) is 6.17. The van der Waals surface area contributed by atoms with Gasteiger partial charge in [0.05, 0.1) is 11.0 Å². The molecule has 0 unspecified atom stereocenters. The predicted octanol–water partition coefficient (Wildman–Crippen LogP) is 5.26. The molecule has 2 aromatic rings. The first kappa shape index (κ1) is 17.4. The molecular formula is C19H20BrF2NO. The molecule has 0 bridgehead atoms. The van der Waals surface area contributed by atoms with E-state index in [4.69, 9.17) is 4.74 Å². The fraction of sp³-hybridized carbons (Fsp3) is 0.368. The molecule has 1 saturated heterocycles. The van der Waals surface area contributed by atoms with Gasteiger partial charge in [-0.2, -0.15) is 0 Å². The van der Waals surface area contributed by atoms with Gasteiger partial charge in [-0.1, -0.05) is 42.5 Å². The van der Waals surface area contributed by atoms with Crippen LogP contribution in [0.4, 0.5) is 8.78 Å². The molecule has 0 saturated carbocycles. The summed E-state index contributed by atoms with van der Waals surface area (Å²) in [4.78, 5) is 1.81. The van der Waals surface area contributed by atoms with Crippen LogP contribution in [0.3, 0.4) is 0 Å². The molecule has 0 spiro atoms. The monoisotopic (exact) mass is 395 g/mol. The topological polar surface area (TPSA) is 12.5 Å². The molecule has 3 rings (SSSR count). The van der Waals surface area contributed by atoms with E-state index in [1.807, 2.05) is 53.4 Å². The molecule has 2 nitrogen and oxygen atoms in total. The van der Waals surface area contributed by atoms with Gasteiger partial charge in [-0.25, -0.2) is 8.78 Å². The molecule has 24 heavy (non-hydrogen) atoms. The first-order valence-electron chi connectivity index (χ1n) is 8.08. The second kappa shape index (κ2) is 7.62. The van der Waals surface area contributed by atoms with Crippen LogP contribution in [0.25, 0.3) is 0 Å². The van der Waals surface area contributed by atoms with Crippen molar-refractivity contribution >= 4 is 15.9 Å². The Hall–Kier alpha value is -1.46. The molecule has 0 N–H and O–H groups in total. The normalized spacial score (nSPS) is 17.6. The summed E-state index contributed by atoms with van der Waals surface area (Å²) in [6.45, 7) is 1.51. The van der Waals surface area contributed by atoms with E-state index < -0.39 is 5.92 Å². The minimum absolute atomic E-state index is 0.00903. The number of nitrogens with zero attached hydrogens (tertiary/aromatic N) is 1. The number of halogens is 3. The SMILES string of the molecule is FC1(F)CCCN(Cc2cccc(OCc3ccccc3)c2Br)C1. The van der Waals surface area contributed by atoms with Gasteiger partial charge in [0, 0.05) is 13.0 Å². The maximum absolute atomic E-state index is 13.6. The van der Waals surface area contributed by atoms with E-state index in [2.05, 4.69) is 15.9 Å². The third-order valence-corrected chi connectivity index (χ3v) is 5.05. The van der Waals surface area contributed by atoms with E-state index in [0.29, 0.717) is 26.1 Å². The summed E-state index contributed by atoms with van der Waals surface area (Å²) in [6.07, 6.45) is 0.527. The standard InChI is InChI=1S/C19H20BrF2NO/c20-18-16(12-23-11-5-10-19(21,22)14-23)8-4-9-17(18)24-13-15-6-2-1-3-7-15/h1-4,6-9H,5,10-14H2. The van der Waals surface area contributed by atoms with Crippen LogP contribution in [0, 0.1) is 0 Å². The van der Waals surface area contributed by atoms with Crippen molar-refractivity contribution in [2.45, 2.75) is 31.9 Å². The summed E-state index contributed by atoms with van der Waals surface area (Å²) in [6, 6.07) is 15.7. The molecule has 1 aliphatic heterocycles. The van der Waals surface area contributed by atoms with E-state index >= 15 is 0 Å². The van der Waals surface area contributed by atoms with Gasteiger partial charge in [0.15, 0.2) is 0 Å². The summed E-state index contributed by atoms with van der Waals surface area (Å²) in [7, 11) is 0. The van der Waals surface area contributed by atoms with E-state index in [9.17, 15) is 8.78 Å². The highest BCUT2D eigenvalue weighted by atomic mass is 79.9. The van der Waals surface area contributed by atoms with Crippen molar-refractivity contribution in [2.24, 2.45) is 0 Å². The molecule has 0 atom stereocenters. The van der Waals surface area contributed by atoms with Gasteiger partial charge in [0.1, 0.15) is 12.4 Å². The van der Waals surface area contributed by atoms with Crippen molar-refractivity contribution in [1.82, 2.24) is 4.90 Å². The molecule has 0 aliphatic carbocycles. The summed E-state index contributed by atoms with van der Waals surface area (Å²) in [5.41, 5.74) is 2.06. The van der Waals surface area contributed by atoms with Gasteiger partial charge in [-0.15, -0.1) is 0 Å². The van der Waals surface area contributed by atoms with Gasteiger partial charge in [0.2, 0.25) is 0 Å². The highest BCUT2D eigenvalue weighted by Gasteiger charge is 2.35. The molecule has 0 aromatic heterocycles. The van der Waals surface area contributed by atoms with Crippen molar-refractivity contribution in [2.75, 3.05) is 13.1 Å². The second-order valence-corrected chi connectivity index (χ2v) is 6.97. The third-order valence-electron chi connectivity index (χ3n) is 4.15. The molecule has 0 amide bonds. The summed E-state index contributed by atoms with van der Waals surface area (Å²) >= 11 is 3.57. The van der Waals surface area contributed by atoms with E-state index in [1.54, 1.807) is 0 Å². The maximum Gasteiger partial charge on any atom is 0.260 e. The van der Waals surface area contributed by atoms with Gasteiger partial charge in [-0.3, -0.25) is 4.90 Å². The maximum atomic E-state index is 13.6. The lowest BCUT2D eigenvalue weighted by molar-refractivity contribution is -0.0661. The molecule has 128 valence electrons. The molecule has 1 aliphatic rings. The van der Waals surface area contributed by atoms with Crippen LogP contribution in [0.15, 0.2) is 53.0 Å². The van der Waals surface area contributed by atoms with Crippen LogP contribution >= 0.6 is 15.9 Å². The first-order chi connectivity index (χ1) is 11.5. The Balaban J connectivity index is 1.67. The van der Waals surface area contributed by atoms with Crippen molar-refractivity contribution in [3.63, 3.8) is 0 Å². The molecule has 5 heteroatoms. The zero-order valence-corrected chi connectivity index (χ0v) is 14.9. The van der Waals surface area contributed by atoms with Crippen LogP contribution in [-0.2, 0) is 13.2 Å². The minimum Gasteiger partial charge on any atom is -0.488 e. The molecule has 2 aromatic carbocycles. The molecule has 1 fully saturated rings. The van der Waals surface area contributed by atoms with Gasteiger partial charge in [0.25, 0.3) is 5.92 Å². The quantitative estimate of drug-likeness (QED) is 0.684. The lowest BCUT2D eigenvalue weighted by Crippen LogP contribution is -2.42. The Bertz CT molecular complexity index is 678. The number of piperidine rings is 1. The average Bonchev–Trinajstić information content (AvgIpc) is 2.56. The number of hydrogen-bond acceptors (Lipinski definition) is 2. The fourth-order valence-electron chi connectivity index (χ4n) is 2.95. The Morgan fingerprint density at radius 3 is 2.62 bits per heavy atom. The Morgan fingerprint density at radius 1 is 1.08 bits per heavy atom. The van der Waals surface area contributed by atoms with Crippen LogP contribution in [0.2, 0.25) is 0 Å². The molecular weight excluding hydrogens is 376 g/mol. The van der Waals surface area contributed by atoms with E-state index in [1.165, 1.54) is 0 Å². The zero-order valence-electron chi connectivity index (χ0n) is 13.4. The number of benzene rings is 2. The largest absolute Gasteiger partial charge is 0.488 e.